The highest BCUT2D eigenvalue weighted by Gasteiger charge is 2.26. The lowest BCUT2D eigenvalue weighted by molar-refractivity contribution is 0.105. The van der Waals surface area contributed by atoms with Crippen LogP contribution in [0.1, 0.15) is 28.3 Å². The van der Waals surface area contributed by atoms with E-state index in [4.69, 9.17) is 11.6 Å². The first kappa shape index (κ1) is 26.2. The van der Waals surface area contributed by atoms with E-state index in [9.17, 15) is 5.26 Å². The highest BCUT2D eigenvalue weighted by molar-refractivity contribution is 6.30. The predicted molar refractivity (Wildman–Crippen MR) is 150 cm³/mol. The minimum absolute atomic E-state index is 0.203. The van der Waals surface area contributed by atoms with Crippen LogP contribution < -0.4 is 4.90 Å². The third-order valence-corrected chi connectivity index (χ3v) is 7.25. The van der Waals surface area contributed by atoms with E-state index in [1.165, 1.54) is 11.1 Å². The number of nitriles is 1. The van der Waals surface area contributed by atoms with Crippen molar-refractivity contribution in [3.05, 3.63) is 100 Å². The molecule has 0 amide bonds. The quantitative estimate of drug-likeness (QED) is 0.407. The molecule has 4 rings (SSSR count). The molecule has 0 radical (unpaired) electrons. The molecular formula is C30H36ClN5. The average Bonchev–Trinajstić information content (AvgIpc) is 2.90. The van der Waals surface area contributed by atoms with Gasteiger partial charge in [0.25, 0.3) is 0 Å². The summed E-state index contributed by atoms with van der Waals surface area (Å²) in [4.78, 5) is 9.48. The molecule has 6 heteroatoms. The maximum atomic E-state index is 9.73. The van der Waals surface area contributed by atoms with Crippen molar-refractivity contribution < 1.29 is 0 Å². The fraction of sp³-hybridized carbons (Fsp3) is 0.367. The fourth-order valence-corrected chi connectivity index (χ4v) is 4.98. The second-order valence-corrected chi connectivity index (χ2v) is 10.3. The number of likely N-dealkylation sites (N-methyl/N-ethyl adjacent to an activating group) is 2. The number of hydrogen-bond acceptors (Lipinski definition) is 5. The number of halogens is 1. The van der Waals surface area contributed by atoms with Crippen LogP contribution in [0.25, 0.3) is 0 Å². The van der Waals surface area contributed by atoms with Gasteiger partial charge in [-0.15, -0.1) is 0 Å². The molecule has 1 saturated heterocycles. The van der Waals surface area contributed by atoms with Gasteiger partial charge in [-0.3, -0.25) is 9.80 Å². The first-order valence-corrected chi connectivity index (χ1v) is 13.0. The molecule has 5 nitrogen and oxygen atoms in total. The molecule has 0 bridgehead atoms. The first-order valence-electron chi connectivity index (χ1n) is 12.6. The van der Waals surface area contributed by atoms with E-state index in [0.29, 0.717) is 0 Å². The lowest BCUT2D eigenvalue weighted by Crippen LogP contribution is -2.47. The lowest BCUT2D eigenvalue weighted by Gasteiger charge is -2.40. The summed E-state index contributed by atoms with van der Waals surface area (Å²) in [5.74, 6) is 0. The second kappa shape index (κ2) is 12.4. The largest absolute Gasteiger partial charge is 0.373 e. The maximum absolute atomic E-state index is 9.73. The number of anilines is 1. The van der Waals surface area contributed by atoms with Crippen molar-refractivity contribution in [1.82, 2.24) is 14.7 Å². The van der Waals surface area contributed by atoms with Crippen LogP contribution in [0.2, 0.25) is 5.02 Å². The molecule has 0 aromatic heterocycles. The molecule has 0 spiro atoms. The van der Waals surface area contributed by atoms with E-state index in [1.807, 2.05) is 18.2 Å². The number of piperazine rings is 1. The zero-order valence-electron chi connectivity index (χ0n) is 21.6. The van der Waals surface area contributed by atoms with Gasteiger partial charge in [0.2, 0.25) is 0 Å². The van der Waals surface area contributed by atoms with E-state index in [-0.39, 0.29) is 6.04 Å². The minimum Gasteiger partial charge on any atom is -0.373 e. The Labute approximate surface area is 221 Å². The molecule has 36 heavy (non-hydrogen) atoms. The summed E-state index contributed by atoms with van der Waals surface area (Å²) < 4.78 is 0. The molecule has 188 valence electrons. The molecule has 0 N–H and O–H groups in total. The minimum atomic E-state index is 0.203. The van der Waals surface area contributed by atoms with E-state index in [0.717, 1.165) is 67.7 Å². The van der Waals surface area contributed by atoms with Crippen LogP contribution in [0, 0.1) is 11.3 Å². The molecule has 0 unspecified atom stereocenters. The van der Waals surface area contributed by atoms with Gasteiger partial charge in [0.1, 0.15) is 0 Å². The van der Waals surface area contributed by atoms with Crippen LogP contribution in [0.5, 0.6) is 0 Å². The van der Waals surface area contributed by atoms with Crippen molar-refractivity contribution in [2.24, 2.45) is 0 Å². The highest BCUT2D eigenvalue weighted by Crippen LogP contribution is 2.31. The molecule has 3 aromatic carbocycles. The molecule has 1 aliphatic rings. The summed E-state index contributed by atoms with van der Waals surface area (Å²) in [7, 11) is 6.30. The Balaban J connectivity index is 1.46. The van der Waals surface area contributed by atoms with Gasteiger partial charge in [-0.1, -0.05) is 54.1 Å². The molecule has 0 saturated carbocycles. The molecule has 0 aliphatic carbocycles. The predicted octanol–water partition coefficient (Wildman–Crippen LogP) is 5.12. The topological polar surface area (TPSA) is 36.8 Å². The van der Waals surface area contributed by atoms with Crippen molar-refractivity contribution >= 4 is 17.3 Å². The smallest absolute Gasteiger partial charge is 0.0995 e. The van der Waals surface area contributed by atoms with Crippen LogP contribution in [-0.2, 0) is 6.54 Å². The number of hydrogen-bond donors (Lipinski definition) is 0. The fourth-order valence-electron chi connectivity index (χ4n) is 4.85. The van der Waals surface area contributed by atoms with Crippen LogP contribution in [0.15, 0.2) is 72.8 Å². The SMILES string of the molecule is CN(C)CCN(C)c1ccc(C#N)c(CN2CCN([C@@H](c3ccccc3)c3ccc(Cl)cc3)CC2)c1. The van der Waals surface area contributed by atoms with Crippen LogP contribution >= 0.6 is 11.6 Å². The van der Waals surface area contributed by atoms with Crippen LogP contribution in [0.4, 0.5) is 5.69 Å². The third-order valence-electron chi connectivity index (χ3n) is 7.00. The molecule has 1 heterocycles. The Morgan fingerprint density at radius 3 is 2.17 bits per heavy atom. The van der Waals surface area contributed by atoms with Gasteiger partial charge in [0, 0.05) is 63.6 Å². The van der Waals surface area contributed by atoms with E-state index in [1.54, 1.807) is 0 Å². The zero-order chi connectivity index (χ0) is 25.5. The van der Waals surface area contributed by atoms with Crippen molar-refractivity contribution in [2.45, 2.75) is 12.6 Å². The number of rotatable bonds is 9. The summed E-state index contributed by atoms with van der Waals surface area (Å²) in [5, 5.41) is 10.5. The van der Waals surface area contributed by atoms with Gasteiger partial charge in [0.05, 0.1) is 17.7 Å². The molecule has 1 aliphatic heterocycles. The Kier molecular flexibility index (Phi) is 9.01. The molecule has 3 aromatic rings. The standard InChI is InChI=1S/C30H36ClN5/c1-33(2)15-16-34(3)29-14-11-26(22-32)27(21-29)23-35-17-19-36(20-18-35)30(24-7-5-4-6-8-24)25-9-12-28(31)13-10-25/h4-14,21,30H,15-20,23H2,1-3H3/t30-/m0/s1. The van der Waals surface area contributed by atoms with Crippen molar-refractivity contribution in [1.29, 1.82) is 5.26 Å². The Bertz CT molecular complexity index is 1150. The molecule has 1 fully saturated rings. The monoisotopic (exact) mass is 501 g/mol. The Morgan fingerprint density at radius 2 is 1.53 bits per heavy atom. The van der Waals surface area contributed by atoms with E-state index < -0.39 is 0 Å². The molecule has 1 atom stereocenters. The van der Waals surface area contributed by atoms with Crippen molar-refractivity contribution in [3.8, 4) is 6.07 Å². The van der Waals surface area contributed by atoms with Crippen molar-refractivity contribution in [3.63, 3.8) is 0 Å². The zero-order valence-corrected chi connectivity index (χ0v) is 22.3. The number of nitrogens with zero attached hydrogens (tertiary/aromatic N) is 5. The molecular weight excluding hydrogens is 466 g/mol. The highest BCUT2D eigenvalue weighted by atomic mass is 35.5. The average molecular weight is 502 g/mol. The van der Waals surface area contributed by atoms with Gasteiger partial charge in [-0.2, -0.15) is 5.26 Å². The summed E-state index contributed by atoms with van der Waals surface area (Å²) in [6.45, 7) is 6.58. The maximum Gasteiger partial charge on any atom is 0.0995 e. The van der Waals surface area contributed by atoms with E-state index in [2.05, 4.69) is 101 Å². The number of benzene rings is 3. The van der Waals surface area contributed by atoms with E-state index >= 15 is 0 Å². The van der Waals surface area contributed by atoms with Gasteiger partial charge in [-0.25, -0.2) is 0 Å². The summed E-state index contributed by atoms with van der Waals surface area (Å²) >= 11 is 6.18. The normalized spacial score (nSPS) is 15.6. The van der Waals surface area contributed by atoms with Crippen LogP contribution in [0.3, 0.4) is 0 Å². The Hall–Kier alpha value is -2.88. The first-order chi connectivity index (χ1) is 17.4. The van der Waals surface area contributed by atoms with Crippen molar-refractivity contribution in [2.75, 3.05) is 65.3 Å². The van der Waals surface area contributed by atoms with Gasteiger partial charge >= 0.3 is 0 Å². The van der Waals surface area contributed by atoms with Gasteiger partial charge < -0.3 is 9.80 Å². The van der Waals surface area contributed by atoms with Crippen LogP contribution in [-0.4, -0.2) is 75.1 Å². The second-order valence-electron chi connectivity index (χ2n) is 9.85. The summed E-state index contributed by atoms with van der Waals surface area (Å²) in [5.41, 5.74) is 5.60. The third kappa shape index (κ3) is 6.66. The van der Waals surface area contributed by atoms with Gasteiger partial charge in [0.15, 0.2) is 0 Å². The van der Waals surface area contributed by atoms with Gasteiger partial charge in [-0.05, 0) is 61.1 Å². The summed E-state index contributed by atoms with van der Waals surface area (Å²) in [6.07, 6.45) is 0. The lowest BCUT2D eigenvalue weighted by atomic mass is 9.96. The summed E-state index contributed by atoms with van der Waals surface area (Å²) in [6, 6.07) is 27.8. The Morgan fingerprint density at radius 1 is 0.861 bits per heavy atom.